The summed E-state index contributed by atoms with van der Waals surface area (Å²) in [4.78, 5) is 27.2. The van der Waals surface area contributed by atoms with Gasteiger partial charge in [0.05, 0.1) is 0 Å². The number of nitrogens with one attached hydrogen (secondary N) is 1. The quantitative estimate of drug-likeness (QED) is 0.928. The Hall–Kier alpha value is -1.84. The van der Waals surface area contributed by atoms with Crippen LogP contribution in [-0.2, 0) is 16.0 Å². The van der Waals surface area contributed by atoms with Gasteiger partial charge in [-0.1, -0.05) is 38.0 Å². The molecule has 1 aliphatic carbocycles. The Morgan fingerprint density at radius 3 is 2.70 bits per heavy atom. The van der Waals surface area contributed by atoms with E-state index in [0.717, 1.165) is 30.5 Å². The van der Waals surface area contributed by atoms with Crippen LogP contribution in [0.15, 0.2) is 24.3 Å². The topological polar surface area (TPSA) is 49.4 Å². The molecule has 1 saturated carbocycles. The Balaban J connectivity index is 1.90. The summed E-state index contributed by atoms with van der Waals surface area (Å²) < 4.78 is 0. The summed E-state index contributed by atoms with van der Waals surface area (Å²) in [6, 6.07) is 8.20. The van der Waals surface area contributed by atoms with Gasteiger partial charge in [-0.05, 0) is 44.2 Å². The van der Waals surface area contributed by atoms with Crippen molar-refractivity contribution in [2.75, 3.05) is 4.90 Å². The molecule has 4 nitrogen and oxygen atoms in total. The van der Waals surface area contributed by atoms with Crippen LogP contribution in [0.25, 0.3) is 0 Å². The Bertz CT molecular complexity index is 607. The van der Waals surface area contributed by atoms with Gasteiger partial charge in [0.25, 0.3) is 0 Å². The van der Waals surface area contributed by atoms with Crippen LogP contribution < -0.4 is 10.2 Å². The number of anilines is 1. The number of nitrogens with zero attached hydrogens (tertiary/aromatic N) is 1. The van der Waals surface area contributed by atoms with E-state index in [2.05, 4.69) is 12.2 Å². The number of hydrogen-bond acceptors (Lipinski definition) is 2. The molecule has 1 aromatic rings. The van der Waals surface area contributed by atoms with Crippen LogP contribution in [0.4, 0.5) is 5.69 Å². The Kier molecular flexibility index (Phi) is 4.42. The normalized spacial score (nSPS) is 25.1. The molecule has 23 heavy (non-hydrogen) atoms. The molecule has 0 aromatic heterocycles. The second kappa shape index (κ2) is 6.34. The third kappa shape index (κ3) is 2.87. The molecular formula is C19H26N2O2. The van der Waals surface area contributed by atoms with Crippen LogP contribution in [0.5, 0.6) is 0 Å². The maximum Gasteiger partial charge on any atom is 0.246 e. The molecule has 1 saturated heterocycles. The fourth-order valence-corrected chi connectivity index (χ4v) is 3.90. The largest absolute Gasteiger partial charge is 0.351 e. The first kappa shape index (κ1) is 16.0. The third-order valence-corrected chi connectivity index (χ3v) is 5.36. The van der Waals surface area contributed by atoms with Gasteiger partial charge in [-0.2, -0.15) is 0 Å². The van der Waals surface area contributed by atoms with Crippen molar-refractivity contribution in [2.45, 2.75) is 70.4 Å². The van der Waals surface area contributed by atoms with Gasteiger partial charge in [0.1, 0.15) is 5.54 Å². The number of aryl methyl sites for hydroxylation is 1. The molecule has 4 heteroatoms. The highest BCUT2D eigenvalue weighted by Crippen LogP contribution is 2.37. The molecule has 0 bridgehead atoms. The first-order valence-corrected chi connectivity index (χ1v) is 8.78. The second-order valence-corrected chi connectivity index (χ2v) is 6.94. The molecule has 1 aliphatic heterocycles. The number of amides is 2. The summed E-state index contributed by atoms with van der Waals surface area (Å²) in [5.74, 6) is 0.0520. The highest BCUT2D eigenvalue weighted by atomic mass is 16.2. The summed E-state index contributed by atoms with van der Waals surface area (Å²) in [7, 11) is 0. The lowest BCUT2D eigenvalue weighted by atomic mass is 9.95. The van der Waals surface area contributed by atoms with E-state index in [9.17, 15) is 9.59 Å². The molecule has 2 fully saturated rings. The van der Waals surface area contributed by atoms with Crippen molar-refractivity contribution in [1.82, 2.24) is 5.32 Å². The molecule has 2 amide bonds. The van der Waals surface area contributed by atoms with E-state index >= 15 is 0 Å². The standard InChI is InChI=1S/C19H26N2O2/c1-3-14-8-4-7-11-16(14)21-17(22)12-13-19(21,2)18(23)20-15-9-5-6-10-15/h4,7-8,11,15H,3,5-6,9-10,12-13H2,1-2H3,(H,20,23). The molecule has 1 atom stereocenters. The number of hydrogen-bond donors (Lipinski definition) is 1. The first-order valence-electron chi connectivity index (χ1n) is 8.78. The molecule has 1 unspecified atom stereocenters. The molecule has 124 valence electrons. The molecule has 3 rings (SSSR count). The number of carbonyl (C=O) groups is 2. The lowest BCUT2D eigenvalue weighted by molar-refractivity contribution is -0.127. The van der Waals surface area contributed by atoms with Gasteiger partial charge >= 0.3 is 0 Å². The van der Waals surface area contributed by atoms with Crippen molar-refractivity contribution in [3.8, 4) is 0 Å². The van der Waals surface area contributed by atoms with E-state index in [1.54, 1.807) is 4.90 Å². The van der Waals surface area contributed by atoms with E-state index in [1.165, 1.54) is 12.8 Å². The minimum atomic E-state index is -0.773. The van der Waals surface area contributed by atoms with Gasteiger partial charge in [-0.25, -0.2) is 0 Å². The van der Waals surface area contributed by atoms with Crippen molar-refractivity contribution >= 4 is 17.5 Å². The Morgan fingerprint density at radius 1 is 1.30 bits per heavy atom. The Morgan fingerprint density at radius 2 is 2.00 bits per heavy atom. The maximum atomic E-state index is 12.9. The molecule has 1 N–H and O–H groups in total. The molecule has 0 radical (unpaired) electrons. The maximum absolute atomic E-state index is 12.9. The zero-order valence-corrected chi connectivity index (χ0v) is 14.1. The summed E-state index contributed by atoms with van der Waals surface area (Å²) in [6.45, 7) is 3.99. The van der Waals surface area contributed by atoms with E-state index in [0.29, 0.717) is 12.8 Å². The van der Waals surface area contributed by atoms with Gasteiger partial charge in [0.2, 0.25) is 11.8 Å². The van der Waals surface area contributed by atoms with Crippen LogP contribution in [0.2, 0.25) is 0 Å². The molecule has 2 aliphatic rings. The van der Waals surface area contributed by atoms with Gasteiger partial charge in [-0.3, -0.25) is 14.5 Å². The van der Waals surface area contributed by atoms with Gasteiger partial charge in [0.15, 0.2) is 0 Å². The number of para-hydroxylation sites is 1. The fraction of sp³-hybridized carbons (Fsp3) is 0.579. The predicted molar refractivity (Wildman–Crippen MR) is 91.3 cm³/mol. The SMILES string of the molecule is CCc1ccccc1N1C(=O)CCC1(C)C(=O)NC1CCCC1. The third-order valence-electron chi connectivity index (χ3n) is 5.36. The molecule has 0 spiro atoms. The minimum absolute atomic E-state index is 0.00107. The number of benzene rings is 1. The number of carbonyl (C=O) groups excluding carboxylic acids is 2. The molecule has 1 heterocycles. The van der Waals surface area contributed by atoms with Gasteiger partial charge in [-0.15, -0.1) is 0 Å². The molecule has 1 aromatic carbocycles. The van der Waals surface area contributed by atoms with Crippen molar-refractivity contribution in [3.63, 3.8) is 0 Å². The number of rotatable bonds is 4. The highest BCUT2D eigenvalue weighted by Gasteiger charge is 2.49. The lowest BCUT2D eigenvalue weighted by Crippen LogP contribution is -2.56. The lowest BCUT2D eigenvalue weighted by Gasteiger charge is -2.36. The zero-order chi connectivity index (χ0) is 16.4. The fourth-order valence-electron chi connectivity index (χ4n) is 3.90. The summed E-state index contributed by atoms with van der Waals surface area (Å²) in [5, 5.41) is 3.19. The zero-order valence-electron chi connectivity index (χ0n) is 14.1. The summed E-state index contributed by atoms with van der Waals surface area (Å²) in [6.07, 6.45) is 6.35. The average Bonchev–Trinajstić information content (AvgIpc) is 3.16. The van der Waals surface area contributed by atoms with Crippen molar-refractivity contribution in [1.29, 1.82) is 0 Å². The second-order valence-electron chi connectivity index (χ2n) is 6.94. The van der Waals surface area contributed by atoms with E-state index in [1.807, 2.05) is 31.2 Å². The van der Waals surface area contributed by atoms with Gasteiger partial charge in [0, 0.05) is 18.2 Å². The summed E-state index contributed by atoms with van der Waals surface area (Å²) in [5.41, 5.74) is 1.23. The monoisotopic (exact) mass is 314 g/mol. The Labute approximate surface area is 138 Å². The molecular weight excluding hydrogens is 288 g/mol. The average molecular weight is 314 g/mol. The van der Waals surface area contributed by atoms with Crippen molar-refractivity contribution in [3.05, 3.63) is 29.8 Å². The van der Waals surface area contributed by atoms with E-state index in [4.69, 9.17) is 0 Å². The van der Waals surface area contributed by atoms with Crippen LogP contribution in [0.1, 0.15) is 57.9 Å². The van der Waals surface area contributed by atoms with Gasteiger partial charge < -0.3 is 5.32 Å². The predicted octanol–water partition coefficient (Wildman–Crippen LogP) is 3.19. The van der Waals surface area contributed by atoms with Crippen LogP contribution in [0.3, 0.4) is 0 Å². The van der Waals surface area contributed by atoms with Crippen LogP contribution in [0, 0.1) is 0 Å². The first-order chi connectivity index (χ1) is 11.1. The minimum Gasteiger partial charge on any atom is -0.351 e. The highest BCUT2D eigenvalue weighted by molar-refractivity contribution is 6.07. The van der Waals surface area contributed by atoms with Crippen LogP contribution in [-0.4, -0.2) is 23.4 Å². The van der Waals surface area contributed by atoms with Crippen molar-refractivity contribution in [2.24, 2.45) is 0 Å². The van der Waals surface area contributed by atoms with Crippen LogP contribution >= 0.6 is 0 Å². The van der Waals surface area contributed by atoms with Crippen molar-refractivity contribution < 1.29 is 9.59 Å². The van der Waals surface area contributed by atoms with E-state index < -0.39 is 5.54 Å². The van der Waals surface area contributed by atoms with E-state index in [-0.39, 0.29) is 17.9 Å². The smallest absolute Gasteiger partial charge is 0.246 e. The summed E-state index contributed by atoms with van der Waals surface area (Å²) >= 11 is 0.